The van der Waals surface area contributed by atoms with Crippen LogP contribution in [0, 0.1) is 0 Å². The fourth-order valence-corrected chi connectivity index (χ4v) is 5.92. The van der Waals surface area contributed by atoms with Gasteiger partial charge in [0.15, 0.2) is 17.6 Å². The van der Waals surface area contributed by atoms with Crippen molar-refractivity contribution in [3.8, 4) is 11.5 Å². The van der Waals surface area contributed by atoms with Crippen LogP contribution in [0.3, 0.4) is 0 Å². The van der Waals surface area contributed by atoms with Gasteiger partial charge in [0.1, 0.15) is 5.00 Å². The van der Waals surface area contributed by atoms with E-state index in [-0.39, 0.29) is 0 Å². The van der Waals surface area contributed by atoms with Crippen molar-refractivity contribution < 1.29 is 33.3 Å². The summed E-state index contributed by atoms with van der Waals surface area (Å²) >= 11 is 1.37. The molecule has 0 fully saturated rings. The van der Waals surface area contributed by atoms with Gasteiger partial charge in [-0.25, -0.2) is 9.59 Å². The Labute approximate surface area is 231 Å². The molecule has 1 aliphatic carbocycles. The Morgan fingerprint density at radius 3 is 2.46 bits per heavy atom. The summed E-state index contributed by atoms with van der Waals surface area (Å²) in [6.45, 7) is 1.48. The number of methoxy groups -OCH3 is 3. The van der Waals surface area contributed by atoms with E-state index < -0.39 is 23.9 Å². The molecule has 0 saturated carbocycles. The molecule has 1 aliphatic rings. The van der Waals surface area contributed by atoms with Crippen molar-refractivity contribution in [3.05, 3.63) is 81.7 Å². The third-order valence-corrected chi connectivity index (χ3v) is 7.81. The summed E-state index contributed by atoms with van der Waals surface area (Å²) in [5.74, 6) is -0.286. The van der Waals surface area contributed by atoms with Gasteiger partial charge in [-0.05, 0) is 67.0 Å². The van der Waals surface area contributed by atoms with Crippen LogP contribution >= 0.6 is 11.3 Å². The molecule has 3 aromatic rings. The number of thiophene rings is 1. The summed E-state index contributed by atoms with van der Waals surface area (Å²) in [5.41, 5.74) is 3.24. The Balaban J connectivity index is 1.44. The van der Waals surface area contributed by atoms with Crippen molar-refractivity contribution in [1.82, 2.24) is 0 Å². The quantitative estimate of drug-likeness (QED) is 0.281. The fourth-order valence-electron chi connectivity index (χ4n) is 4.60. The Bertz CT molecular complexity index is 1380. The van der Waals surface area contributed by atoms with Crippen LogP contribution in [0.5, 0.6) is 11.5 Å². The molecule has 0 saturated heterocycles. The van der Waals surface area contributed by atoms with Crippen LogP contribution in [-0.2, 0) is 31.9 Å². The molecule has 0 aliphatic heterocycles. The molecule has 1 amide bonds. The molecule has 4 rings (SSSR count). The second-order valence-electron chi connectivity index (χ2n) is 9.07. The van der Waals surface area contributed by atoms with E-state index in [4.69, 9.17) is 18.9 Å². The van der Waals surface area contributed by atoms with Gasteiger partial charge >= 0.3 is 11.9 Å². The average Bonchev–Trinajstić information content (AvgIpc) is 3.32. The third kappa shape index (κ3) is 6.49. The molecule has 39 heavy (non-hydrogen) atoms. The molecular weight excluding hydrogens is 518 g/mol. The van der Waals surface area contributed by atoms with Gasteiger partial charge < -0.3 is 24.3 Å². The van der Waals surface area contributed by atoms with Crippen LogP contribution in [0.2, 0.25) is 0 Å². The number of carbonyl (C=O) groups is 3. The summed E-state index contributed by atoms with van der Waals surface area (Å²) in [5, 5.41) is 3.20. The van der Waals surface area contributed by atoms with Crippen LogP contribution in [0.15, 0.2) is 54.6 Å². The van der Waals surface area contributed by atoms with Gasteiger partial charge in [-0.1, -0.05) is 36.4 Å². The Morgan fingerprint density at radius 1 is 1.03 bits per heavy atom. The van der Waals surface area contributed by atoms with Gasteiger partial charge in [0.05, 0.1) is 26.9 Å². The molecule has 2 atom stereocenters. The highest BCUT2D eigenvalue weighted by Crippen LogP contribution is 2.42. The van der Waals surface area contributed by atoms with Crippen LogP contribution < -0.4 is 14.8 Å². The largest absolute Gasteiger partial charge is 0.493 e. The normalized spacial score (nSPS) is 15.2. The number of anilines is 1. The third-order valence-electron chi connectivity index (χ3n) is 6.64. The van der Waals surface area contributed by atoms with E-state index in [9.17, 15) is 14.4 Å². The minimum absolute atomic E-state index is 0.337. The Hall–Kier alpha value is -4.11. The molecule has 9 heteroatoms. The summed E-state index contributed by atoms with van der Waals surface area (Å²) in [6.07, 6.45) is 4.08. The minimum Gasteiger partial charge on any atom is -0.493 e. The number of benzene rings is 2. The van der Waals surface area contributed by atoms with Crippen molar-refractivity contribution in [1.29, 1.82) is 0 Å². The first kappa shape index (κ1) is 27.9. The van der Waals surface area contributed by atoms with E-state index in [1.54, 1.807) is 24.3 Å². The number of fused-ring (bicyclic) bond motifs is 1. The smallest absolute Gasteiger partial charge is 0.341 e. The predicted molar refractivity (Wildman–Crippen MR) is 150 cm³/mol. The molecule has 1 aromatic heterocycles. The molecule has 2 aromatic carbocycles. The van der Waals surface area contributed by atoms with Gasteiger partial charge in [-0.15, -0.1) is 11.3 Å². The molecule has 0 spiro atoms. The van der Waals surface area contributed by atoms with Gasteiger partial charge in [0, 0.05) is 11.0 Å². The number of hydrogen-bond donors (Lipinski definition) is 1. The minimum atomic E-state index is -1.09. The number of rotatable bonds is 9. The summed E-state index contributed by atoms with van der Waals surface area (Å²) in [7, 11) is 4.39. The highest BCUT2D eigenvalue weighted by Gasteiger charge is 2.31. The van der Waals surface area contributed by atoms with E-state index >= 15 is 0 Å². The first-order valence-corrected chi connectivity index (χ1v) is 13.4. The van der Waals surface area contributed by atoms with Crippen LogP contribution in [-0.4, -0.2) is 45.3 Å². The summed E-state index contributed by atoms with van der Waals surface area (Å²) in [6, 6.07) is 15.5. The molecule has 0 radical (unpaired) electrons. The highest BCUT2D eigenvalue weighted by atomic mass is 32.1. The van der Waals surface area contributed by atoms with Crippen molar-refractivity contribution in [2.24, 2.45) is 0 Å². The van der Waals surface area contributed by atoms with Gasteiger partial charge in [0.2, 0.25) is 0 Å². The lowest BCUT2D eigenvalue weighted by molar-refractivity contribution is -0.148. The average molecular weight is 550 g/mol. The SMILES string of the molecule is COC(=O)c1c(NC(=O)C(C)OC(=O)/C=C/c2ccc(OC)c(OC)c2)sc2c1CCC(c1ccccc1)C2. The molecule has 1 N–H and O–H groups in total. The number of esters is 2. The maximum absolute atomic E-state index is 12.9. The number of nitrogens with one attached hydrogen (secondary N) is 1. The first-order chi connectivity index (χ1) is 18.8. The van der Waals surface area contributed by atoms with E-state index in [1.807, 2.05) is 18.2 Å². The fraction of sp³-hybridized carbons (Fsp3) is 0.300. The van der Waals surface area contributed by atoms with Crippen LogP contribution in [0.4, 0.5) is 5.00 Å². The van der Waals surface area contributed by atoms with Crippen LogP contribution in [0.1, 0.15) is 51.2 Å². The Kier molecular flexibility index (Phi) is 9.03. The highest BCUT2D eigenvalue weighted by molar-refractivity contribution is 7.17. The van der Waals surface area contributed by atoms with Gasteiger partial charge in [-0.3, -0.25) is 4.79 Å². The van der Waals surface area contributed by atoms with Crippen molar-refractivity contribution >= 4 is 40.3 Å². The molecule has 0 bridgehead atoms. The second-order valence-corrected chi connectivity index (χ2v) is 10.2. The number of hydrogen-bond acceptors (Lipinski definition) is 8. The lowest BCUT2D eigenvalue weighted by atomic mass is 9.83. The second kappa shape index (κ2) is 12.6. The van der Waals surface area contributed by atoms with Crippen molar-refractivity contribution in [2.75, 3.05) is 26.6 Å². The topological polar surface area (TPSA) is 100 Å². The van der Waals surface area contributed by atoms with Crippen LogP contribution in [0.25, 0.3) is 6.08 Å². The van der Waals surface area contributed by atoms with E-state index in [2.05, 4.69) is 17.4 Å². The monoisotopic (exact) mass is 549 g/mol. The van der Waals surface area contributed by atoms with Gasteiger partial charge in [0.25, 0.3) is 5.91 Å². The molecular formula is C30H31NO7S. The summed E-state index contributed by atoms with van der Waals surface area (Å²) in [4.78, 5) is 39.1. The zero-order valence-corrected chi connectivity index (χ0v) is 23.1. The maximum Gasteiger partial charge on any atom is 0.341 e. The molecule has 1 heterocycles. The maximum atomic E-state index is 12.9. The Morgan fingerprint density at radius 2 is 1.77 bits per heavy atom. The standard InChI is InChI=1S/C30H31NO7S/c1-18(38-26(32)15-11-19-10-14-23(35-2)24(16-19)36-3)28(33)31-29-27(30(34)37-4)22-13-12-21(17-25(22)39-29)20-8-6-5-7-9-20/h5-11,14-16,18,21H,12-13,17H2,1-4H3,(H,31,33)/b15-11+. The lowest BCUT2D eigenvalue weighted by Crippen LogP contribution is -2.29. The summed E-state index contributed by atoms with van der Waals surface area (Å²) < 4.78 is 20.8. The number of carbonyl (C=O) groups excluding carboxylic acids is 3. The zero-order valence-electron chi connectivity index (χ0n) is 22.3. The van der Waals surface area contributed by atoms with Gasteiger partial charge in [-0.2, -0.15) is 0 Å². The van der Waals surface area contributed by atoms with E-state index in [1.165, 1.54) is 51.2 Å². The number of ether oxygens (including phenoxy) is 4. The van der Waals surface area contributed by atoms with E-state index in [0.717, 1.165) is 23.3 Å². The predicted octanol–water partition coefficient (Wildman–Crippen LogP) is 5.41. The lowest BCUT2D eigenvalue weighted by Gasteiger charge is -2.22. The van der Waals surface area contributed by atoms with E-state index in [0.29, 0.717) is 40.0 Å². The molecule has 2 unspecified atom stereocenters. The molecule has 8 nitrogen and oxygen atoms in total. The first-order valence-electron chi connectivity index (χ1n) is 12.5. The molecule has 204 valence electrons. The van der Waals surface area contributed by atoms with Crippen molar-refractivity contribution in [3.63, 3.8) is 0 Å². The van der Waals surface area contributed by atoms with Crippen molar-refractivity contribution in [2.45, 2.75) is 38.2 Å². The number of amides is 1. The zero-order chi connectivity index (χ0) is 27.9.